The Morgan fingerprint density at radius 2 is 0.864 bits per heavy atom. The number of nitrogens with zero attached hydrogens (tertiary/aromatic N) is 1. The molecule has 9 nitrogen and oxygen atoms in total. The summed E-state index contributed by atoms with van der Waals surface area (Å²) in [4.78, 5) is 37.8. The standard InChI is InChI=1S/C56H102NO8P/c1-6-8-10-12-14-16-18-20-22-24-26-27-28-29-31-33-35-37-39-41-43-45-47-49-56(59)65-54(53-64-66(60,61)63-51-50-57(3,4)5)52-62-55(58)48-46-44-42-40-38-36-34-32-30-25-23-21-19-17-15-13-11-9-7-2/h9,11,15,17,21,23,30,32,36,38,54H,6-8,10,12-14,16,18-20,22,24-29,31,33-35,37,39-53H2,1-5H3/b11-9+,17-15+,23-21+,32-30+,38-36+/t54-/m1/s1. The van der Waals surface area contributed by atoms with Crippen molar-refractivity contribution in [3.05, 3.63) is 60.8 Å². The molecule has 0 saturated carbocycles. The highest BCUT2D eigenvalue weighted by molar-refractivity contribution is 7.45. The monoisotopic (exact) mass is 948 g/mol. The van der Waals surface area contributed by atoms with Crippen LogP contribution in [0, 0.1) is 0 Å². The first kappa shape index (κ1) is 63.7. The lowest BCUT2D eigenvalue weighted by Gasteiger charge is -2.28. The molecule has 384 valence electrons. The van der Waals surface area contributed by atoms with Gasteiger partial charge in [0, 0.05) is 12.8 Å². The van der Waals surface area contributed by atoms with Crippen molar-refractivity contribution in [1.82, 2.24) is 0 Å². The molecule has 0 radical (unpaired) electrons. The number of phosphoric ester groups is 1. The zero-order chi connectivity index (χ0) is 48.5. The first-order chi connectivity index (χ1) is 32.0. The van der Waals surface area contributed by atoms with E-state index >= 15 is 0 Å². The molecule has 0 heterocycles. The molecule has 0 aromatic rings. The summed E-state index contributed by atoms with van der Waals surface area (Å²) in [7, 11) is 1.15. The summed E-state index contributed by atoms with van der Waals surface area (Å²) in [5.74, 6) is -0.866. The van der Waals surface area contributed by atoms with Gasteiger partial charge in [-0.3, -0.25) is 14.2 Å². The maximum absolute atomic E-state index is 12.8. The Morgan fingerprint density at radius 3 is 1.29 bits per heavy atom. The quantitative estimate of drug-likeness (QED) is 0.0195. The SMILES string of the molecule is CC/C=C/C/C=C/C/C=C/C/C=C/C/C=C/CCCCCC(=O)OC[C@H](COP(=O)([O-])OCC[N+](C)(C)C)OC(=O)CCCCCCCCCCCCCCCCCCCCCCCCC. The Balaban J connectivity index is 4.24. The van der Waals surface area contributed by atoms with Gasteiger partial charge in [0.05, 0.1) is 27.7 Å². The number of allylic oxidation sites excluding steroid dienone is 10. The zero-order valence-electron chi connectivity index (χ0n) is 43.4. The van der Waals surface area contributed by atoms with Gasteiger partial charge in [-0.15, -0.1) is 0 Å². The summed E-state index contributed by atoms with van der Waals surface area (Å²) in [6.07, 6.45) is 59.8. The van der Waals surface area contributed by atoms with Gasteiger partial charge < -0.3 is 27.9 Å². The average molecular weight is 948 g/mol. The van der Waals surface area contributed by atoms with Gasteiger partial charge in [0.1, 0.15) is 19.8 Å². The van der Waals surface area contributed by atoms with Gasteiger partial charge in [-0.25, -0.2) is 0 Å². The van der Waals surface area contributed by atoms with Crippen molar-refractivity contribution >= 4 is 19.8 Å². The molecular formula is C56H102NO8P. The van der Waals surface area contributed by atoms with Crippen LogP contribution in [0.1, 0.15) is 232 Å². The minimum atomic E-state index is -4.64. The van der Waals surface area contributed by atoms with Gasteiger partial charge in [0.2, 0.25) is 0 Å². The van der Waals surface area contributed by atoms with Crippen LogP contribution in [0.5, 0.6) is 0 Å². The minimum Gasteiger partial charge on any atom is -0.756 e. The molecule has 0 rings (SSSR count). The molecule has 10 heteroatoms. The van der Waals surface area contributed by atoms with Gasteiger partial charge >= 0.3 is 11.9 Å². The molecule has 0 aliphatic carbocycles. The first-order valence-electron chi connectivity index (χ1n) is 27.0. The van der Waals surface area contributed by atoms with Crippen LogP contribution in [0.4, 0.5) is 0 Å². The van der Waals surface area contributed by atoms with Gasteiger partial charge in [-0.1, -0.05) is 222 Å². The maximum atomic E-state index is 12.8. The van der Waals surface area contributed by atoms with Crippen LogP contribution in [-0.4, -0.2) is 70.0 Å². The predicted molar refractivity (Wildman–Crippen MR) is 277 cm³/mol. The topological polar surface area (TPSA) is 111 Å². The van der Waals surface area contributed by atoms with Gasteiger partial charge in [0.15, 0.2) is 6.10 Å². The summed E-state index contributed by atoms with van der Waals surface area (Å²) in [5, 5.41) is 0. The third-order valence-corrected chi connectivity index (χ3v) is 12.5. The molecule has 0 saturated heterocycles. The van der Waals surface area contributed by atoms with Crippen LogP contribution >= 0.6 is 7.82 Å². The molecule has 0 amide bonds. The van der Waals surface area contributed by atoms with Crippen molar-refractivity contribution in [3.63, 3.8) is 0 Å². The third-order valence-electron chi connectivity index (χ3n) is 11.6. The summed E-state index contributed by atoms with van der Waals surface area (Å²) in [5.41, 5.74) is 0. The van der Waals surface area contributed by atoms with Crippen molar-refractivity contribution in [2.45, 2.75) is 238 Å². The van der Waals surface area contributed by atoms with Gasteiger partial charge in [-0.05, 0) is 57.8 Å². The predicted octanol–water partition coefficient (Wildman–Crippen LogP) is 15.7. The summed E-state index contributed by atoms with van der Waals surface area (Å²) in [6, 6.07) is 0. The van der Waals surface area contributed by atoms with Crippen molar-refractivity contribution < 1.29 is 42.1 Å². The highest BCUT2D eigenvalue weighted by atomic mass is 31.2. The number of phosphoric acid groups is 1. The summed E-state index contributed by atoms with van der Waals surface area (Å²) in [6.45, 7) is 4.11. The van der Waals surface area contributed by atoms with E-state index in [1.807, 2.05) is 21.1 Å². The molecule has 1 unspecified atom stereocenters. The zero-order valence-corrected chi connectivity index (χ0v) is 44.3. The van der Waals surface area contributed by atoms with E-state index in [1.54, 1.807) is 0 Å². The van der Waals surface area contributed by atoms with Crippen molar-refractivity contribution in [2.24, 2.45) is 0 Å². The lowest BCUT2D eigenvalue weighted by molar-refractivity contribution is -0.870. The van der Waals surface area contributed by atoms with Crippen molar-refractivity contribution in [1.29, 1.82) is 0 Å². The number of hydrogen-bond acceptors (Lipinski definition) is 8. The second-order valence-electron chi connectivity index (χ2n) is 19.2. The fourth-order valence-corrected chi connectivity index (χ4v) is 8.12. The largest absolute Gasteiger partial charge is 0.756 e. The van der Waals surface area contributed by atoms with Crippen LogP contribution < -0.4 is 4.89 Å². The molecule has 0 fully saturated rings. The molecule has 0 N–H and O–H groups in total. The van der Waals surface area contributed by atoms with Crippen LogP contribution in [0.2, 0.25) is 0 Å². The third kappa shape index (κ3) is 51.1. The smallest absolute Gasteiger partial charge is 0.306 e. The van der Waals surface area contributed by atoms with E-state index in [1.165, 1.54) is 122 Å². The molecule has 0 spiro atoms. The fraction of sp³-hybridized carbons (Fsp3) is 0.786. The maximum Gasteiger partial charge on any atom is 0.306 e. The molecule has 0 bridgehead atoms. The van der Waals surface area contributed by atoms with E-state index in [9.17, 15) is 19.0 Å². The highest BCUT2D eigenvalue weighted by Gasteiger charge is 2.21. The van der Waals surface area contributed by atoms with E-state index in [-0.39, 0.29) is 26.1 Å². The number of unbranched alkanes of at least 4 members (excludes halogenated alkanes) is 25. The van der Waals surface area contributed by atoms with Crippen LogP contribution in [0.3, 0.4) is 0 Å². The van der Waals surface area contributed by atoms with E-state index in [0.29, 0.717) is 23.9 Å². The first-order valence-corrected chi connectivity index (χ1v) is 28.5. The lowest BCUT2D eigenvalue weighted by Crippen LogP contribution is -2.37. The number of quaternary nitrogens is 1. The second kappa shape index (κ2) is 47.8. The minimum absolute atomic E-state index is 0.0374. The fourth-order valence-electron chi connectivity index (χ4n) is 7.39. The summed E-state index contributed by atoms with van der Waals surface area (Å²) >= 11 is 0. The Kier molecular flexibility index (Phi) is 46.1. The number of rotatable bonds is 49. The Hall–Kier alpha value is -2.29. The summed E-state index contributed by atoms with van der Waals surface area (Å²) < 4.78 is 34.1. The number of likely N-dealkylation sites (N-methyl/N-ethyl adjacent to an activating group) is 1. The van der Waals surface area contributed by atoms with Gasteiger partial charge in [-0.2, -0.15) is 0 Å². The molecule has 0 aromatic carbocycles. The van der Waals surface area contributed by atoms with E-state index in [4.69, 9.17) is 18.5 Å². The van der Waals surface area contributed by atoms with E-state index in [2.05, 4.69) is 74.6 Å². The number of esters is 2. The molecule has 0 aliphatic heterocycles. The molecule has 66 heavy (non-hydrogen) atoms. The normalized spacial score (nSPS) is 13.8. The number of ether oxygens (including phenoxy) is 2. The van der Waals surface area contributed by atoms with Crippen LogP contribution in [0.15, 0.2) is 60.8 Å². The van der Waals surface area contributed by atoms with E-state index < -0.39 is 32.5 Å². The molecule has 0 aromatic heterocycles. The Labute approximate surface area is 406 Å². The number of hydrogen-bond donors (Lipinski definition) is 0. The number of carbonyl (C=O) groups excluding carboxylic acids is 2. The van der Waals surface area contributed by atoms with Crippen LogP contribution in [0.25, 0.3) is 0 Å². The van der Waals surface area contributed by atoms with Crippen molar-refractivity contribution in [3.8, 4) is 0 Å². The highest BCUT2D eigenvalue weighted by Crippen LogP contribution is 2.38. The van der Waals surface area contributed by atoms with E-state index in [0.717, 1.165) is 70.6 Å². The average Bonchev–Trinajstić information content (AvgIpc) is 3.27. The molecular weight excluding hydrogens is 846 g/mol. The Morgan fingerprint density at radius 1 is 0.485 bits per heavy atom. The Bertz CT molecular complexity index is 1300. The lowest BCUT2D eigenvalue weighted by atomic mass is 10.0. The van der Waals surface area contributed by atoms with Gasteiger partial charge in [0.25, 0.3) is 7.82 Å². The molecule has 0 aliphatic rings. The van der Waals surface area contributed by atoms with Crippen LogP contribution in [-0.2, 0) is 32.7 Å². The number of carbonyl (C=O) groups is 2. The van der Waals surface area contributed by atoms with Crippen molar-refractivity contribution in [2.75, 3.05) is 47.5 Å². The molecule has 2 atom stereocenters. The second-order valence-corrected chi connectivity index (χ2v) is 20.6.